The van der Waals surface area contributed by atoms with Crippen LogP contribution in [0.2, 0.25) is 0 Å². The molecule has 4 N–H and O–H groups in total. The second kappa shape index (κ2) is 4.57. The van der Waals surface area contributed by atoms with E-state index in [1.165, 1.54) is 0 Å². The zero-order valence-corrected chi connectivity index (χ0v) is 10.1. The van der Waals surface area contributed by atoms with Crippen LogP contribution in [0.5, 0.6) is 0 Å². The first-order valence-corrected chi connectivity index (χ1v) is 5.40. The number of imide groups is 1. The molecule has 1 aromatic rings. The van der Waals surface area contributed by atoms with Gasteiger partial charge in [-0.3, -0.25) is 14.9 Å². The first kappa shape index (κ1) is 12.2. The fraction of sp³-hybridized carbons (Fsp3) is 0.400. The molecule has 1 saturated heterocycles. The van der Waals surface area contributed by atoms with Gasteiger partial charge in [0, 0.05) is 5.56 Å². The van der Waals surface area contributed by atoms with E-state index < -0.39 is 0 Å². The summed E-state index contributed by atoms with van der Waals surface area (Å²) in [4.78, 5) is 32.7. The van der Waals surface area contributed by atoms with E-state index >= 15 is 0 Å². The van der Waals surface area contributed by atoms with Gasteiger partial charge >= 0.3 is 0 Å². The van der Waals surface area contributed by atoms with Gasteiger partial charge in [-0.25, -0.2) is 15.8 Å². The fourth-order valence-corrected chi connectivity index (χ4v) is 1.85. The third-order valence-electron chi connectivity index (χ3n) is 2.62. The molecular formula is C10H14N6O2. The number of carbonyl (C=O) groups excluding carboxylic acids is 2. The lowest BCUT2D eigenvalue weighted by Gasteiger charge is -2.28. The molecule has 8 nitrogen and oxygen atoms in total. The Morgan fingerprint density at radius 1 is 1.22 bits per heavy atom. The van der Waals surface area contributed by atoms with Crippen molar-refractivity contribution in [2.75, 3.05) is 23.4 Å². The Morgan fingerprint density at radius 2 is 1.83 bits per heavy atom. The van der Waals surface area contributed by atoms with Gasteiger partial charge in [0.2, 0.25) is 11.8 Å². The van der Waals surface area contributed by atoms with Crippen molar-refractivity contribution in [3.63, 3.8) is 0 Å². The van der Waals surface area contributed by atoms with E-state index in [-0.39, 0.29) is 24.9 Å². The molecule has 0 aliphatic carbocycles. The maximum Gasteiger partial charge on any atom is 0.246 e. The van der Waals surface area contributed by atoms with Gasteiger partial charge in [-0.15, -0.1) is 0 Å². The number of nitrogens with two attached hydrogens (primary N) is 1. The third-order valence-corrected chi connectivity index (χ3v) is 2.62. The lowest BCUT2D eigenvalue weighted by molar-refractivity contribution is -0.130. The standard InChI is InChI=1S/C10H14N6O2/c1-5-9(15-11)12-6(2)13-10(5)16-3-7(17)14-8(18)4-16/h3-4,11H2,1-2H3,(H,12,13,15)(H,14,17,18). The quantitative estimate of drug-likeness (QED) is 0.345. The van der Waals surface area contributed by atoms with E-state index in [2.05, 4.69) is 20.7 Å². The van der Waals surface area contributed by atoms with Crippen molar-refractivity contribution in [2.45, 2.75) is 13.8 Å². The molecule has 0 bridgehead atoms. The normalized spacial score (nSPS) is 15.6. The smallest absolute Gasteiger partial charge is 0.246 e. The predicted octanol–water partition coefficient (Wildman–Crippen LogP) is -1.16. The molecule has 2 heterocycles. The number of nitrogen functional groups attached to an aromatic ring is 1. The number of piperazine rings is 1. The number of carbonyl (C=O) groups is 2. The Labute approximate surface area is 104 Å². The van der Waals surface area contributed by atoms with Gasteiger partial charge in [0.05, 0.1) is 13.1 Å². The van der Waals surface area contributed by atoms with Crippen LogP contribution in [0.1, 0.15) is 11.4 Å². The molecule has 1 aliphatic rings. The van der Waals surface area contributed by atoms with E-state index in [1.54, 1.807) is 18.7 Å². The van der Waals surface area contributed by atoms with Crippen molar-refractivity contribution < 1.29 is 9.59 Å². The van der Waals surface area contributed by atoms with E-state index in [4.69, 9.17) is 5.84 Å². The Balaban J connectivity index is 2.41. The van der Waals surface area contributed by atoms with Crippen molar-refractivity contribution in [1.82, 2.24) is 15.3 Å². The highest BCUT2D eigenvalue weighted by Crippen LogP contribution is 2.23. The van der Waals surface area contributed by atoms with Crippen LogP contribution < -0.4 is 21.5 Å². The second-order valence-electron chi connectivity index (χ2n) is 4.04. The summed E-state index contributed by atoms with van der Waals surface area (Å²) in [7, 11) is 0. The minimum atomic E-state index is -0.343. The Morgan fingerprint density at radius 3 is 2.39 bits per heavy atom. The van der Waals surface area contributed by atoms with Crippen LogP contribution in [-0.2, 0) is 9.59 Å². The molecule has 0 radical (unpaired) electrons. The molecule has 1 fully saturated rings. The summed E-state index contributed by atoms with van der Waals surface area (Å²) in [6.07, 6.45) is 0. The Hall–Kier alpha value is -2.22. The number of anilines is 2. The molecule has 8 heteroatoms. The SMILES string of the molecule is Cc1nc(NN)c(C)c(N2CC(=O)NC(=O)C2)n1. The topological polar surface area (TPSA) is 113 Å². The van der Waals surface area contributed by atoms with Crippen LogP contribution in [-0.4, -0.2) is 34.9 Å². The highest BCUT2D eigenvalue weighted by atomic mass is 16.2. The average molecular weight is 250 g/mol. The van der Waals surface area contributed by atoms with E-state index in [9.17, 15) is 9.59 Å². The summed E-state index contributed by atoms with van der Waals surface area (Å²) >= 11 is 0. The van der Waals surface area contributed by atoms with Crippen molar-refractivity contribution >= 4 is 23.5 Å². The van der Waals surface area contributed by atoms with Gasteiger partial charge in [-0.2, -0.15) is 0 Å². The maximum absolute atomic E-state index is 11.4. The third kappa shape index (κ3) is 2.23. The highest BCUT2D eigenvalue weighted by molar-refractivity contribution is 6.02. The zero-order chi connectivity index (χ0) is 13.3. The van der Waals surface area contributed by atoms with Crippen LogP contribution >= 0.6 is 0 Å². The summed E-state index contributed by atoms with van der Waals surface area (Å²) in [6.45, 7) is 3.68. The first-order chi connectivity index (χ1) is 8.51. The Kier molecular flexibility index (Phi) is 3.11. The van der Waals surface area contributed by atoms with Crippen LogP contribution in [0.25, 0.3) is 0 Å². The number of amides is 2. The van der Waals surface area contributed by atoms with E-state index in [1.807, 2.05) is 0 Å². The molecule has 1 aromatic heterocycles. The van der Waals surface area contributed by atoms with Gasteiger partial charge in [-0.05, 0) is 13.8 Å². The molecule has 0 atom stereocenters. The van der Waals surface area contributed by atoms with E-state index in [0.717, 1.165) is 0 Å². The number of hydrogen-bond donors (Lipinski definition) is 3. The van der Waals surface area contributed by atoms with Gasteiger partial charge < -0.3 is 10.3 Å². The number of nitrogens with zero attached hydrogens (tertiary/aromatic N) is 3. The van der Waals surface area contributed by atoms with Crippen LogP contribution in [0.4, 0.5) is 11.6 Å². The summed E-state index contributed by atoms with van der Waals surface area (Å²) in [6, 6.07) is 0. The zero-order valence-electron chi connectivity index (χ0n) is 10.1. The number of aryl methyl sites for hydroxylation is 1. The molecule has 18 heavy (non-hydrogen) atoms. The fourth-order valence-electron chi connectivity index (χ4n) is 1.85. The molecule has 2 amide bonds. The molecule has 0 aromatic carbocycles. The molecule has 0 saturated carbocycles. The molecule has 2 rings (SSSR count). The minimum absolute atomic E-state index is 0.0903. The lowest BCUT2D eigenvalue weighted by atomic mass is 10.2. The van der Waals surface area contributed by atoms with Gasteiger partial charge in [-0.1, -0.05) is 0 Å². The lowest BCUT2D eigenvalue weighted by Crippen LogP contribution is -2.52. The summed E-state index contributed by atoms with van der Waals surface area (Å²) in [5.74, 6) is 6.22. The predicted molar refractivity (Wildman–Crippen MR) is 64.7 cm³/mol. The van der Waals surface area contributed by atoms with Crippen molar-refractivity contribution in [3.8, 4) is 0 Å². The number of hydrazine groups is 1. The molecule has 0 unspecified atom stereocenters. The largest absolute Gasteiger partial charge is 0.338 e. The second-order valence-corrected chi connectivity index (χ2v) is 4.04. The summed E-state index contributed by atoms with van der Waals surface area (Å²) < 4.78 is 0. The molecule has 1 aliphatic heterocycles. The monoisotopic (exact) mass is 250 g/mol. The summed E-state index contributed by atoms with van der Waals surface area (Å²) in [5, 5.41) is 2.24. The summed E-state index contributed by atoms with van der Waals surface area (Å²) in [5.41, 5.74) is 3.17. The van der Waals surface area contributed by atoms with Crippen LogP contribution in [0, 0.1) is 13.8 Å². The number of aromatic nitrogens is 2. The highest BCUT2D eigenvalue weighted by Gasteiger charge is 2.25. The van der Waals surface area contributed by atoms with Crippen LogP contribution in [0.3, 0.4) is 0 Å². The van der Waals surface area contributed by atoms with Gasteiger partial charge in [0.25, 0.3) is 0 Å². The van der Waals surface area contributed by atoms with Gasteiger partial charge in [0.1, 0.15) is 17.5 Å². The number of rotatable bonds is 2. The van der Waals surface area contributed by atoms with Crippen LogP contribution in [0.15, 0.2) is 0 Å². The number of hydrogen-bond acceptors (Lipinski definition) is 7. The minimum Gasteiger partial charge on any atom is -0.338 e. The van der Waals surface area contributed by atoms with Crippen molar-refractivity contribution in [2.24, 2.45) is 5.84 Å². The van der Waals surface area contributed by atoms with E-state index in [0.29, 0.717) is 23.0 Å². The Bertz CT molecular complexity index is 499. The number of nitrogens with one attached hydrogen (secondary N) is 2. The molecule has 96 valence electrons. The average Bonchev–Trinajstić information content (AvgIpc) is 2.30. The van der Waals surface area contributed by atoms with Crippen molar-refractivity contribution in [1.29, 1.82) is 0 Å². The van der Waals surface area contributed by atoms with Crippen molar-refractivity contribution in [3.05, 3.63) is 11.4 Å². The molecular weight excluding hydrogens is 236 g/mol. The van der Waals surface area contributed by atoms with Gasteiger partial charge in [0.15, 0.2) is 0 Å². The first-order valence-electron chi connectivity index (χ1n) is 5.40. The molecule has 0 spiro atoms. The maximum atomic E-state index is 11.4.